The minimum Gasteiger partial charge on any atom is -0.478 e. The van der Waals surface area contributed by atoms with Crippen LogP contribution in [0.1, 0.15) is 39.1 Å². The number of para-hydroxylation sites is 1. The van der Waals surface area contributed by atoms with Gasteiger partial charge in [-0.1, -0.05) is 81.3 Å². The van der Waals surface area contributed by atoms with Gasteiger partial charge in [-0.15, -0.1) is 0 Å². The Hall–Kier alpha value is -3.33. The summed E-state index contributed by atoms with van der Waals surface area (Å²) in [6, 6.07) is 26.9. The number of hydrogen-bond acceptors (Lipinski definition) is 6. The smallest absolute Gasteiger partial charge is 0.301 e. The number of halogens is 2. The van der Waals surface area contributed by atoms with E-state index in [1.54, 1.807) is 24.3 Å². The van der Waals surface area contributed by atoms with Crippen LogP contribution in [0.3, 0.4) is 0 Å². The SMILES string of the molecule is Cc1ccc([C@@H]2Oc3ccc(Br)cc3[C@H]3[C@@H](C(=O)c4ccc(Cl)cc4)N4c5ccccc5S[C@@H]4[C@@]23[N+](=O)[O-])cc1. The molecule has 0 aliphatic carbocycles. The highest BCUT2D eigenvalue weighted by Crippen LogP contribution is 2.66. The molecule has 200 valence electrons. The average molecular weight is 634 g/mol. The fourth-order valence-electron chi connectivity index (χ4n) is 6.49. The lowest BCUT2D eigenvalue weighted by Crippen LogP contribution is -2.58. The van der Waals surface area contributed by atoms with Crippen LogP contribution < -0.4 is 9.64 Å². The van der Waals surface area contributed by atoms with Crippen LogP contribution in [0.5, 0.6) is 5.75 Å². The Morgan fingerprint density at radius 3 is 2.50 bits per heavy atom. The molecule has 0 radical (unpaired) electrons. The third kappa shape index (κ3) is 3.59. The van der Waals surface area contributed by atoms with Crippen molar-refractivity contribution in [2.45, 2.75) is 40.8 Å². The van der Waals surface area contributed by atoms with Crippen molar-refractivity contribution < 1.29 is 14.5 Å². The van der Waals surface area contributed by atoms with Crippen molar-refractivity contribution in [3.05, 3.63) is 133 Å². The van der Waals surface area contributed by atoms with Crippen molar-refractivity contribution in [2.75, 3.05) is 4.90 Å². The number of thioether (sulfide) groups is 1. The molecule has 3 heterocycles. The number of Topliss-reactive ketones (excluding diaryl/α,β-unsaturated/α-hetero) is 1. The van der Waals surface area contributed by atoms with Crippen molar-refractivity contribution in [3.63, 3.8) is 0 Å². The number of ketones is 1. The molecule has 3 aliphatic rings. The standard InChI is InChI=1S/C31H22BrClN2O4S/c1-17-6-8-19(9-7-17)29-31(35(37)38)26(22-16-20(32)12-15-24(22)39-29)27(28(36)18-10-13-21(33)14-11-18)34-23-4-2-3-5-25(23)40-30(31)34/h2-16,26-27,29-30H,1H3/t26-,27-,29-,30+,31-/m0/s1. The van der Waals surface area contributed by atoms with Crippen molar-refractivity contribution in [2.24, 2.45) is 0 Å². The average Bonchev–Trinajstić information content (AvgIpc) is 3.47. The van der Waals surface area contributed by atoms with E-state index in [2.05, 4.69) is 15.9 Å². The number of anilines is 1. The summed E-state index contributed by atoms with van der Waals surface area (Å²) in [5.41, 5.74) is 1.99. The molecule has 9 heteroatoms. The number of nitro groups is 1. The van der Waals surface area contributed by atoms with Crippen molar-refractivity contribution in [1.82, 2.24) is 0 Å². The zero-order valence-corrected chi connectivity index (χ0v) is 24.3. The van der Waals surface area contributed by atoms with Gasteiger partial charge in [0.1, 0.15) is 11.8 Å². The topological polar surface area (TPSA) is 72.7 Å². The molecule has 4 aromatic carbocycles. The van der Waals surface area contributed by atoms with Gasteiger partial charge in [-0.3, -0.25) is 14.9 Å². The highest BCUT2D eigenvalue weighted by atomic mass is 79.9. The van der Waals surface area contributed by atoms with Crippen LogP contribution in [0, 0.1) is 17.0 Å². The molecule has 0 N–H and O–H groups in total. The van der Waals surface area contributed by atoms with E-state index in [9.17, 15) is 14.9 Å². The van der Waals surface area contributed by atoms with E-state index >= 15 is 0 Å². The van der Waals surface area contributed by atoms with E-state index in [4.69, 9.17) is 16.3 Å². The monoisotopic (exact) mass is 632 g/mol. The van der Waals surface area contributed by atoms with E-state index in [0.717, 1.165) is 20.6 Å². The second-order valence-electron chi connectivity index (χ2n) is 10.4. The number of carbonyl (C=O) groups excluding carboxylic acids is 1. The summed E-state index contributed by atoms with van der Waals surface area (Å²) in [6.07, 6.45) is -0.931. The second kappa shape index (κ2) is 9.36. The molecular weight excluding hydrogens is 612 g/mol. The molecule has 0 bridgehead atoms. The van der Waals surface area contributed by atoms with Gasteiger partial charge in [0.2, 0.25) is 0 Å². The first-order chi connectivity index (χ1) is 19.3. The van der Waals surface area contributed by atoms with Crippen LogP contribution in [0.2, 0.25) is 5.02 Å². The molecule has 4 aromatic rings. The Kier molecular flexibility index (Phi) is 6.00. The van der Waals surface area contributed by atoms with Crippen molar-refractivity contribution >= 4 is 50.8 Å². The highest BCUT2D eigenvalue weighted by molar-refractivity contribution is 9.10. The predicted octanol–water partition coefficient (Wildman–Crippen LogP) is 7.85. The first-order valence-electron chi connectivity index (χ1n) is 12.8. The quantitative estimate of drug-likeness (QED) is 0.130. The maximum absolute atomic E-state index is 14.5. The summed E-state index contributed by atoms with van der Waals surface area (Å²) in [7, 11) is 0. The van der Waals surface area contributed by atoms with Crippen LogP contribution in [0.15, 0.2) is 100 Å². The molecule has 6 nitrogen and oxygen atoms in total. The number of nitrogens with zero attached hydrogens (tertiary/aromatic N) is 2. The van der Waals surface area contributed by atoms with Crippen LogP contribution in [-0.4, -0.2) is 27.7 Å². The number of ether oxygens (including phenoxy) is 1. The fraction of sp³-hybridized carbons (Fsp3) is 0.194. The van der Waals surface area contributed by atoms with Crippen LogP contribution in [-0.2, 0) is 0 Å². The highest BCUT2D eigenvalue weighted by Gasteiger charge is 2.78. The van der Waals surface area contributed by atoms with E-state index < -0.39 is 29.0 Å². The Bertz CT molecular complexity index is 1680. The van der Waals surface area contributed by atoms with Gasteiger partial charge in [0.05, 0.1) is 11.6 Å². The Balaban J connectivity index is 1.54. The van der Waals surface area contributed by atoms with Gasteiger partial charge in [0.15, 0.2) is 17.3 Å². The van der Waals surface area contributed by atoms with Gasteiger partial charge in [-0.25, -0.2) is 0 Å². The van der Waals surface area contributed by atoms with Crippen LogP contribution >= 0.6 is 39.3 Å². The molecule has 0 amide bonds. The van der Waals surface area contributed by atoms with Crippen LogP contribution in [0.25, 0.3) is 0 Å². The number of carbonyl (C=O) groups is 1. The Morgan fingerprint density at radius 2 is 1.77 bits per heavy atom. The maximum Gasteiger partial charge on any atom is 0.301 e. The van der Waals surface area contributed by atoms with E-state index in [-0.39, 0.29) is 10.7 Å². The first-order valence-corrected chi connectivity index (χ1v) is 14.9. The van der Waals surface area contributed by atoms with E-state index in [1.165, 1.54) is 11.8 Å². The lowest BCUT2D eigenvalue weighted by Gasteiger charge is -2.42. The number of hydrogen-bond donors (Lipinski definition) is 0. The van der Waals surface area contributed by atoms with Crippen molar-refractivity contribution in [3.8, 4) is 5.75 Å². The molecule has 5 atom stereocenters. The number of rotatable bonds is 4. The first kappa shape index (κ1) is 25.6. The molecule has 0 unspecified atom stereocenters. The summed E-state index contributed by atoms with van der Waals surface area (Å²) in [4.78, 5) is 30.9. The molecule has 40 heavy (non-hydrogen) atoms. The van der Waals surface area contributed by atoms with E-state index in [0.29, 0.717) is 27.5 Å². The summed E-state index contributed by atoms with van der Waals surface area (Å²) < 4.78 is 7.38. The zero-order chi connectivity index (χ0) is 27.8. The molecular formula is C31H22BrClN2O4S. The zero-order valence-electron chi connectivity index (χ0n) is 21.2. The van der Waals surface area contributed by atoms with Gasteiger partial charge in [0.25, 0.3) is 0 Å². The summed E-state index contributed by atoms with van der Waals surface area (Å²) in [6.45, 7) is 1.98. The Labute approximate surface area is 248 Å². The minimum atomic E-state index is -1.68. The Morgan fingerprint density at radius 1 is 1.05 bits per heavy atom. The van der Waals surface area contributed by atoms with Crippen LogP contribution in [0.4, 0.5) is 5.69 Å². The third-order valence-electron chi connectivity index (χ3n) is 8.21. The van der Waals surface area contributed by atoms with Gasteiger partial charge >= 0.3 is 5.54 Å². The number of fused-ring (bicyclic) bond motifs is 7. The number of benzene rings is 4. The summed E-state index contributed by atoms with van der Waals surface area (Å²) >= 11 is 11.2. The molecule has 1 fully saturated rings. The lowest BCUT2D eigenvalue weighted by atomic mass is 9.70. The largest absolute Gasteiger partial charge is 0.478 e. The molecule has 0 saturated carbocycles. The van der Waals surface area contributed by atoms with Crippen molar-refractivity contribution in [1.29, 1.82) is 0 Å². The molecule has 3 aliphatic heterocycles. The minimum absolute atomic E-state index is 0.183. The lowest BCUT2D eigenvalue weighted by molar-refractivity contribution is -0.585. The second-order valence-corrected chi connectivity index (χ2v) is 12.8. The summed E-state index contributed by atoms with van der Waals surface area (Å²) in [5, 5.41) is 13.5. The van der Waals surface area contributed by atoms with Gasteiger partial charge in [-0.2, -0.15) is 0 Å². The normalized spacial score (nSPS) is 25.8. The van der Waals surface area contributed by atoms with Gasteiger partial charge in [-0.05, 0) is 67.1 Å². The third-order valence-corrected chi connectivity index (χ3v) is 10.4. The molecule has 0 aromatic heterocycles. The molecule has 1 saturated heterocycles. The van der Waals surface area contributed by atoms with E-state index in [1.807, 2.05) is 78.6 Å². The number of aryl methyl sites for hydroxylation is 1. The maximum atomic E-state index is 14.5. The van der Waals surface area contributed by atoms with Gasteiger partial charge < -0.3 is 9.64 Å². The molecule has 7 rings (SSSR count). The predicted molar refractivity (Wildman–Crippen MR) is 159 cm³/mol. The summed E-state index contributed by atoms with van der Waals surface area (Å²) in [5.74, 6) is -0.447. The van der Waals surface area contributed by atoms with Gasteiger partial charge in [0, 0.05) is 30.4 Å². The fourth-order valence-corrected chi connectivity index (χ4v) is 8.59. The molecule has 0 spiro atoms.